The molecule has 0 bridgehead atoms. The smallest absolute Gasteiger partial charge is 0.319 e. The first-order valence-electron chi connectivity index (χ1n) is 8.05. The minimum absolute atomic E-state index is 0. The molecule has 1 aromatic heterocycles. The standard InChI is InChI=1S/C15H22F2N6O.HI/c1-18-14(20-8-11-19-4-6-23(11)13(16)17)22-5-2-3-15(10-22)7-12(24)21-9-15;/h4,6,13H,2-3,5,7-10H2,1H3,(H,18,20)(H,21,24);1H. The second-order valence-electron chi connectivity index (χ2n) is 6.41. The second-order valence-corrected chi connectivity index (χ2v) is 6.41. The fourth-order valence-electron chi connectivity index (χ4n) is 3.58. The van der Waals surface area contributed by atoms with Crippen LogP contribution < -0.4 is 10.6 Å². The van der Waals surface area contributed by atoms with Crippen molar-refractivity contribution >= 4 is 35.8 Å². The van der Waals surface area contributed by atoms with Gasteiger partial charge in [-0.2, -0.15) is 8.78 Å². The number of imidazole rings is 1. The zero-order valence-electron chi connectivity index (χ0n) is 14.0. The highest BCUT2D eigenvalue weighted by atomic mass is 127. The third-order valence-electron chi connectivity index (χ3n) is 4.73. The maximum atomic E-state index is 12.9. The number of piperidine rings is 1. The molecule has 0 aliphatic carbocycles. The Hall–Kier alpha value is -1.46. The largest absolute Gasteiger partial charge is 0.355 e. The first-order valence-corrected chi connectivity index (χ1v) is 8.05. The van der Waals surface area contributed by atoms with Gasteiger partial charge in [0.25, 0.3) is 0 Å². The molecule has 2 N–H and O–H groups in total. The van der Waals surface area contributed by atoms with E-state index in [0.717, 1.165) is 30.5 Å². The average Bonchev–Trinajstić information content (AvgIpc) is 3.15. The van der Waals surface area contributed by atoms with Gasteiger partial charge in [-0.25, -0.2) is 4.98 Å². The summed E-state index contributed by atoms with van der Waals surface area (Å²) < 4.78 is 26.6. The fraction of sp³-hybridized carbons (Fsp3) is 0.667. The van der Waals surface area contributed by atoms with Crippen molar-refractivity contribution in [2.45, 2.75) is 32.4 Å². The van der Waals surface area contributed by atoms with Gasteiger partial charge in [0.05, 0.1) is 6.54 Å². The van der Waals surface area contributed by atoms with Crippen molar-refractivity contribution in [2.24, 2.45) is 10.4 Å². The molecule has 1 unspecified atom stereocenters. The van der Waals surface area contributed by atoms with Crippen LogP contribution in [0.2, 0.25) is 0 Å². The molecule has 1 spiro atoms. The summed E-state index contributed by atoms with van der Waals surface area (Å²) in [6, 6.07) is 0. The van der Waals surface area contributed by atoms with Crippen molar-refractivity contribution < 1.29 is 13.6 Å². The van der Waals surface area contributed by atoms with E-state index in [1.54, 1.807) is 7.05 Å². The summed E-state index contributed by atoms with van der Waals surface area (Å²) in [7, 11) is 1.67. The molecule has 0 saturated carbocycles. The Labute approximate surface area is 162 Å². The molecular formula is C15H23F2IN6O. The summed E-state index contributed by atoms with van der Waals surface area (Å²) in [6.45, 7) is -0.187. The SMILES string of the molecule is CN=C(NCc1nccn1C(F)F)N1CCCC2(CNC(=O)C2)C1.I. The number of guanidine groups is 1. The van der Waals surface area contributed by atoms with Crippen molar-refractivity contribution in [1.82, 2.24) is 25.1 Å². The molecule has 2 fully saturated rings. The number of likely N-dealkylation sites (tertiary alicyclic amines) is 1. The average molecular weight is 468 g/mol. The highest BCUT2D eigenvalue weighted by molar-refractivity contribution is 14.0. The van der Waals surface area contributed by atoms with Crippen LogP contribution in [0.3, 0.4) is 0 Å². The molecule has 1 aromatic rings. The predicted molar refractivity (Wildman–Crippen MR) is 100.0 cm³/mol. The van der Waals surface area contributed by atoms with Gasteiger partial charge in [-0.1, -0.05) is 0 Å². The molecule has 0 radical (unpaired) electrons. The molecule has 2 aliphatic rings. The van der Waals surface area contributed by atoms with Gasteiger partial charge in [-0.15, -0.1) is 24.0 Å². The molecule has 7 nitrogen and oxygen atoms in total. The Bertz CT molecular complexity index is 637. The maximum Gasteiger partial charge on any atom is 0.319 e. The van der Waals surface area contributed by atoms with E-state index in [4.69, 9.17) is 0 Å². The lowest BCUT2D eigenvalue weighted by Crippen LogP contribution is -2.51. The number of nitrogens with one attached hydrogen (secondary N) is 2. The summed E-state index contributed by atoms with van der Waals surface area (Å²) in [4.78, 5) is 21.9. The first kappa shape index (κ1) is 19.9. The molecule has 140 valence electrons. The van der Waals surface area contributed by atoms with Crippen LogP contribution in [0, 0.1) is 5.41 Å². The highest BCUT2D eigenvalue weighted by Crippen LogP contribution is 2.35. The maximum absolute atomic E-state index is 12.9. The zero-order chi connectivity index (χ0) is 17.2. The van der Waals surface area contributed by atoms with Crippen LogP contribution in [-0.2, 0) is 11.3 Å². The number of hydrogen-bond donors (Lipinski definition) is 2. The molecule has 0 aromatic carbocycles. The molecule has 25 heavy (non-hydrogen) atoms. The lowest BCUT2D eigenvalue weighted by atomic mass is 9.79. The molecule has 1 atom stereocenters. The Morgan fingerprint density at radius 3 is 3.00 bits per heavy atom. The minimum atomic E-state index is -2.61. The summed E-state index contributed by atoms with van der Waals surface area (Å²) in [5.41, 5.74) is -0.0472. The lowest BCUT2D eigenvalue weighted by Gasteiger charge is -2.40. The van der Waals surface area contributed by atoms with Crippen molar-refractivity contribution in [1.29, 1.82) is 0 Å². The van der Waals surface area contributed by atoms with Gasteiger partial charge < -0.3 is 15.5 Å². The van der Waals surface area contributed by atoms with Crippen molar-refractivity contribution in [3.63, 3.8) is 0 Å². The molecule has 10 heteroatoms. The van der Waals surface area contributed by atoms with E-state index in [9.17, 15) is 13.6 Å². The van der Waals surface area contributed by atoms with Crippen LogP contribution in [-0.4, -0.2) is 53.0 Å². The topological polar surface area (TPSA) is 74.6 Å². The van der Waals surface area contributed by atoms with Gasteiger partial charge in [-0.05, 0) is 12.8 Å². The number of aliphatic imine (C=N–C) groups is 1. The van der Waals surface area contributed by atoms with Crippen LogP contribution in [0.4, 0.5) is 8.78 Å². The van der Waals surface area contributed by atoms with E-state index in [2.05, 4.69) is 25.5 Å². The number of alkyl halides is 2. The summed E-state index contributed by atoms with van der Waals surface area (Å²) in [6.07, 6.45) is 5.14. The molecule has 2 saturated heterocycles. The van der Waals surface area contributed by atoms with Gasteiger partial charge in [-0.3, -0.25) is 14.4 Å². The van der Waals surface area contributed by atoms with Gasteiger partial charge >= 0.3 is 6.55 Å². The van der Waals surface area contributed by atoms with Gasteiger partial charge in [0, 0.05) is 50.9 Å². The van der Waals surface area contributed by atoms with Crippen molar-refractivity contribution in [3.05, 3.63) is 18.2 Å². The van der Waals surface area contributed by atoms with Crippen LogP contribution in [0.25, 0.3) is 0 Å². The molecule has 3 rings (SSSR count). The molecule has 1 amide bonds. The van der Waals surface area contributed by atoms with E-state index in [1.807, 2.05) is 0 Å². The Kier molecular flexibility index (Phi) is 6.58. The number of hydrogen-bond acceptors (Lipinski definition) is 3. The summed E-state index contributed by atoms with van der Waals surface area (Å²) in [5.74, 6) is 1.01. The lowest BCUT2D eigenvalue weighted by molar-refractivity contribution is -0.119. The number of nitrogens with zero attached hydrogens (tertiary/aromatic N) is 4. The molecular weight excluding hydrogens is 445 g/mol. The van der Waals surface area contributed by atoms with E-state index >= 15 is 0 Å². The molecule has 3 heterocycles. The zero-order valence-corrected chi connectivity index (χ0v) is 16.4. The Morgan fingerprint density at radius 2 is 2.36 bits per heavy atom. The van der Waals surface area contributed by atoms with E-state index in [1.165, 1.54) is 12.4 Å². The Balaban J connectivity index is 0.00000225. The van der Waals surface area contributed by atoms with Crippen LogP contribution in [0.5, 0.6) is 0 Å². The first-order chi connectivity index (χ1) is 11.5. The number of carbonyl (C=O) groups is 1. The van der Waals surface area contributed by atoms with Crippen LogP contribution in [0.1, 0.15) is 31.6 Å². The van der Waals surface area contributed by atoms with E-state index in [-0.39, 0.29) is 47.7 Å². The second kappa shape index (κ2) is 8.28. The van der Waals surface area contributed by atoms with Gasteiger partial charge in [0.1, 0.15) is 5.82 Å². The van der Waals surface area contributed by atoms with Gasteiger partial charge in [0.2, 0.25) is 5.91 Å². The van der Waals surface area contributed by atoms with E-state index < -0.39 is 6.55 Å². The Morgan fingerprint density at radius 1 is 1.56 bits per heavy atom. The number of amides is 1. The third-order valence-corrected chi connectivity index (χ3v) is 4.73. The highest BCUT2D eigenvalue weighted by Gasteiger charge is 2.42. The van der Waals surface area contributed by atoms with Crippen LogP contribution >= 0.6 is 24.0 Å². The van der Waals surface area contributed by atoms with Gasteiger partial charge in [0.15, 0.2) is 5.96 Å². The molecule has 2 aliphatic heterocycles. The van der Waals surface area contributed by atoms with Crippen molar-refractivity contribution in [2.75, 3.05) is 26.7 Å². The normalized spacial score (nSPS) is 23.8. The summed E-state index contributed by atoms with van der Waals surface area (Å²) in [5, 5.41) is 6.02. The van der Waals surface area contributed by atoms with E-state index in [0.29, 0.717) is 18.9 Å². The minimum Gasteiger partial charge on any atom is -0.355 e. The third kappa shape index (κ3) is 4.39. The number of aromatic nitrogens is 2. The fourth-order valence-corrected chi connectivity index (χ4v) is 3.58. The number of carbonyl (C=O) groups excluding carboxylic acids is 1. The quantitative estimate of drug-likeness (QED) is 0.402. The number of halogens is 3. The van der Waals surface area contributed by atoms with Crippen LogP contribution in [0.15, 0.2) is 17.4 Å². The monoisotopic (exact) mass is 468 g/mol. The van der Waals surface area contributed by atoms with Crippen molar-refractivity contribution in [3.8, 4) is 0 Å². The number of rotatable bonds is 3. The predicted octanol–water partition coefficient (Wildman–Crippen LogP) is 1.57. The summed E-state index contributed by atoms with van der Waals surface area (Å²) >= 11 is 0.